The second kappa shape index (κ2) is 8.04. The van der Waals surface area contributed by atoms with Crippen molar-refractivity contribution in [2.45, 2.75) is 18.2 Å². The highest BCUT2D eigenvalue weighted by molar-refractivity contribution is 7.89. The minimum Gasteiger partial charge on any atom is -0.341 e. The number of carbonyl (C=O) groups excluding carboxylic acids is 1. The highest BCUT2D eigenvalue weighted by Crippen LogP contribution is 2.19. The summed E-state index contributed by atoms with van der Waals surface area (Å²) in [5.41, 5.74) is 6.72. The smallest absolute Gasteiger partial charge is 0.243 e. The number of hydrogen-bond acceptors (Lipinski definition) is 5. The van der Waals surface area contributed by atoms with E-state index < -0.39 is 10.0 Å². The first-order chi connectivity index (χ1) is 12.4. The first-order valence-corrected chi connectivity index (χ1v) is 10.6. The number of sulfonamides is 1. The molecule has 1 atom stereocenters. The van der Waals surface area contributed by atoms with E-state index in [9.17, 15) is 13.2 Å². The van der Waals surface area contributed by atoms with Crippen LogP contribution in [-0.4, -0.2) is 80.8 Å². The Kier molecular flexibility index (Phi) is 5.96. The van der Waals surface area contributed by atoms with Crippen LogP contribution >= 0.6 is 0 Å². The summed E-state index contributed by atoms with van der Waals surface area (Å²) in [6.45, 7) is 6.41. The molecule has 144 valence electrons. The minimum atomic E-state index is -3.46. The molecule has 26 heavy (non-hydrogen) atoms. The van der Waals surface area contributed by atoms with Crippen LogP contribution in [0.4, 0.5) is 0 Å². The van der Waals surface area contributed by atoms with Gasteiger partial charge in [-0.2, -0.15) is 4.31 Å². The zero-order valence-electron chi connectivity index (χ0n) is 15.3. The van der Waals surface area contributed by atoms with Crippen molar-refractivity contribution in [1.29, 1.82) is 0 Å². The molecular weight excluding hydrogens is 352 g/mol. The van der Waals surface area contributed by atoms with Crippen LogP contribution in [0.25, 0.3) is 0 Å². The summed E-state index contributed by atoms with van der Waals surface area (Å²) < 4.78 is 27.0. The molecule has 0 aliphatic carbocycles. The molecule has 0 aromatic heterocycles. The molecule has 1 unspecified atom stereocenters. The Balaban J connectivity index is 1.52. The van der Waals surface area contributed by atoms with Crippen LogP contribution in [0.5, 0.6) is 0 Å². The van der Waals surface area contributed by atoms with E-state index in [1.165, 1.54) is 4.31 Å². The van der Waals surface area contributed by atoms with E-state index in [1.54, 1.807) is 12.1 Å². The van der Waals surface area contributed by atoms with E-state index in [-0.39, 0.29) is 5.91 Å². The summed E-state index contributed by atoms with van der Waals surface area (Å²) >= 11 is 0. The number of nitrogens with two attached hydrogens (primary N) is 1. The molecular formula is C18H28N4O3S. The largest absolute Gasteiger partial charge is 0.341 e. The van der Waals surface area contributed by atoms with Gasteiger partial charge in [0.2, 0.25) is 15.9 Å². The second-order valence-corrected chi connectivity index (χ2v) is 9.16. The topological polar surface area (TPSA) is 87.0 Å². The number of hydrogen-bond donors (Lipinski definition) is 1. The first-order valence-electron chi connectivity index (χ1n) is 9.17. The van der Waals surface area contributed by atoms with Gasteiger partial charge in [-0.15, -0.1) is 0 Å². The van der Waals surface area contributed by atoms with Crippen molar-refractivity contribution in [3.05, 3.63) is 29.8 Å². The molecule has 7 nitrogen and oxygen atoms in total. The van der Waals surface area contributed by atoms with Gasteiger partial charge in [0, 0.05) is 39.3 Å². The van der Waals surface area contributed by atoms with Gasteiger partial charge in [0.15, 0.2) is 0 Å². The molecule has 2 heterocycles. The molecule has 2 N–H and O–H groups in total. The van der Waals surface area contributed by atoms with Crippen molar-refractivity contribution >= 4 is 15.9 Å². The minimum absolute atomic E-state index is 0.121. The van der Waals surface area contributed by atoms with Crippen molar-refractivity contribution in [3.63, 3.8) is 0 Å². The summed E-state index contributed by atoms with van der Waals surface area (Å²) in [6.07, 6.45) is 0.977. The lowest BCUT2D eigenvalue weighted by molar-refractivity contribution is -0.131. The number of rotatable bonds is 5. The van der Waals surface area contributed by atoms with E-state index >= 15 is 0 Å². The van der Waals surface area contributed by atoms with Crippen molar-refractivity contribution < 1.29 is 13.2 Å². The molecule has 2 aliphatic rings. The monoisotopic (exact) mass is 380 g/mol. The van der Waals surface area contributed by atoms with Gasteiger partial charge >= 0.3 is 0 Å². The number of aryl methyl sites for hydroxylation is 1. The lowest BCUT2D eigenvalue weighted by Crippen LogP contribution is -2.51. The number of carbonyl (C=O) groups is 1. The highest BCUT2D eigenvalue weighted by Gasteiger charge is 2.31. The predicted molar refractivity (Wildman–Crippen MR) is 100 cm³/mol. The van der Waals surface area contributed by atoms with E-state index in [1.807, 2.05) is 28.9 Å². The summed E-state index contributed by atoms with van der Waals surface area (Å²) in [6, 6.07) is 6.93. The average molecular weight is 381 g/mol. The maximum atomic E-state index is 12.7. The van der Waals surface area contributed by atoms with Crippen molar-refractivity contribution in [1.82, 2.24) is 14.1 Å². The third-order valence-corrected chi connectivity index (χ3v) is 7.23. The Hall–Kier alpha value is -1.48. The fourth-order valence-electron chi connectivity index (χ4n) is 3.53. The van der Waals surface area contributed by atoms with Crippen LogP contribution in [0.2, 0.25) is 0 Å². The Morgan fingerprint density at radius 2 is 1.77 bits per heavy atom. The average Bonchev–Trinajstić information content (AvgIpc) is 3.12. The molecule has 0 radical (unpaired) electrons. The maximum absolute atomic E-state index is 12.7. The van der Waals surface area contributed by atoms with Crippen LogP contribution in [0.1, 0.15) is 12.0 Å². The Bertz CT molecular complexity index is 727. The lowest BCUT2D eigenvalue weighted by atomic mass is 10.1. The molecule has 2 fully saturated rings. The van der Waals surface area contributed by atoms with Gasteiger partial charge in [-0.1, -0.05) is 17.7 Å². The van der Waals surface area contributed by atoms with Gasteiger partial charge < -0.3 is 10.6 Å². The van der Waals surface area contributed by atoms with Crippen LogP contribution < -0.4 is 5.73 Å². The molecule has 0 bridgehead atoms. The number of likely N-dealkylation sites (tertiary alicyclic amines) is 1. The predicted octanol–water partition coefficient (Wildman–Crippen LogP) is 0.109. The summed E-state index contributed by atoms with van der Waals surface area (Å²) in [5.74, 6) is 0.534. The number of benzene rings is 1. The molecule has 8 heteroatoms. The summed E-state index contributed by atoms with van der Waals surface area (Å²) in [7, 11) is -3.46. The third-order valence-electron chi connectivity index (χ3n) is 5.32. The Labute approximate surface area is 155 Å². The van der Waals surface area contributed by atoms with Gasteiger partial charge in [-0.3, -0.25) is 9.69 Å². The standard InChI is InChI=1S/C18H28N4O3S/c1-15-2-4-17(5-3-15)26(24,25)22-10-8-20(9-11-22)14-18(23)21-7-6-16(12-19)13-21/h2-5,16H,6-14,19H2,1H3. The summed E-state index contributed by atoms with van der Waals surface area (Å²) in [4.78, 5) is 16.7. The fraction of sp³-hybridized carbons (Fsp3) is 0.611. The van der Waals surface area contributed by atoms with Gasteiger partial charge in [0.1, 0.15) is 0 Å². The van der Waals surface area contributed by atoms with Gasteiger partial charge in [-0.05, 0) is 37.9 Å². The van der Waals surface area contributed by atoms with E-state index in [2.05, 4.69) is 0 Å². The van der Waals surface area contributed by atoms with Crippen molar-refractivity contribution in [2.24, 2.45) is 11.7 Å². The Morgan fingerprint density at radius 3 is 2.35 bits per heavy atom. The van der Waals surface area contributed by atoms with Crippen LogP contribution in [-0.2, 0) is 14.8 Å². The number of nitrogens with zero attached hydrogens (tertiary/aromatic N) is 3. The molecule has 0 saturated carbocycles. The molecule has 1 amide bonds. The maximum Gasteiger partial charge on any atom is 0.243 e. The van der Waals surface area contributed by atoms with Gasteiger partial charge in [-0.25, -0.2) is 8.42 Å². The van der Waals surface area contributed by atoms with Crippen molar-refractivity contribution in [2.75, 3.05) is 52.4 Å². The Morgan fingerprint density at radius 1 is 1.12 bits per heavy atom. The number of piperazine rings is 1. The van der Waals surface area contributed by atoms with E-state index in [4.69, 9.17) is 5.73 Å². The first kappa shape index (κ1) is 19.3. The van der Waals surface area contributed by atoms with Crippen LogP contribution in [0.15, 0.2) is 29.2 Å². The van der Waals surface area contributed by atoms with Gasteiger partial charge in [0.25, 0.3) is 0 Å². The highest BCUT2D eigenvalue weighted by atomic mass is 32.2. The zero-order chi connectivity index (χ0) is 18.7. The normalized spacial score (nSPS) is 22.7. The fourth-order valence-corrected chi connectivity index (χ4v) is 4.95. The van der Waals surface area contributed by atoms with Crippen LogP contribution in [0.3, 0.4) is 0 Å². The molecule has 1 aromatic rings. The molecule has 0 spiro atoms. The second-order valence-electron chi connectivity index (χ2n) is 7.22. The van der Waals surface area contributed by atoms with Crippen molar-refractivity contribution in [3.8, 4) is 0 Å². The SMILES string of the molecule is Cc1ccc(S(=O)(=O)N2CCN(CC(=O)N3CCC(CN)C3)CC2)cc1. The van der Waals surface area contributed by atoms with Crippen LogP contribution in [0, 0.1) is 12.8 Å². The van der Waals surface area contributed by atoms with Gasteiger partial charge in [0.05, 0.1) is 11.4 Å². The lowest BCUT2D eigenvalue weighted by Gasteiger charge is -2.34. The number of amides is 1. The molecule has 2 saturated heterocycles. The molecule has 1 aromatic carbocycles. The van der Waals surface area contributed by atoms with E-state index in [0.29, 0.717) is 50.1 Å². The summed E-state index contributed by atoms with van der Waals surface area (Å²) in [5, 5.41) is 0. The quantitative estimate of drug-likeness (QED) is 0.783. The zero-order valence-corrected chi connectivity index (χ0v) is 16.1. The molecule has 3 rings (SSSR count). The third kappa shape index (κ3) is 4.25. The van der Waals surface area contributed by atoms with E-state index in [0.717, 1.165) is 25.1 Å². The molecule has 2 aliphatic heterocycles.